The van der Waals surface area contributed by atoms with Crippen LogP contribution in [0.5, 0.6) is 0 Å². The van der Waals surface area contributed by atoms with Crippen molar-refractivity contribution in [1.82, 2.24) is 5.32 Å². The van der Waals surface area contributed by atoms with Crippen molar-refractivity contribution < 1.29 is 13.6 Å². The molecule has 1 aromatic rings. The number of rotatable bonds is 2. The van der Waals surface area contributed by atoms with Crippen molar-refractivity contribution in [3.8, 4) is 0 Å². The van der Waals surface area contributed by atoms with Crippen molar-refractivity contribution in [2.45, 2.75) is 31.3 Å². The number of halogens is 2. The Bertz CT molecular complexity index is 437. The summed E-state index contributed by atoms with van der Waals surface area (Å²) in [6.07, 6.45) is 2.31. The number of hydrogen-bond acceptors (Lipinski definition) is 2. The summed E-state index contributed by atoms with van der Waals surface area (Å²) in [7, 11) is 0. The van der Waals surface area contributed by atoms with E-state index in [9.17, 15) is 13.6 Å². The first-order valence-corrected chi connectivity index (χ1v) is 5.58. The summed E-state index contributed by atoms with van der Waals surface area (Å²) < 4.78 is 26.2. The Morgan fingerprint density at radius 1 is 1.35 bits per heavy atom. The summed E-state index contributed by atoms with van der Waals surface area (Å²) in [5.74, 6) is -1.92. The zero-order valence-corrected chi connectivity index (χ0v) is 9.25. The van der Waals surface area contributed by atoms with Gasteiger partial charge in [-0.05, 0) is 37.5 Å². The Morgan fingerprint density at radius 2 is 2.12 bits per heavy atom. The van der Waals surface area contributed by atoms with Gasteiger partial charge in [0, 0.05) is 12.1 Å². The minimum Gasteiger partial charge on any atom is -0.349 e. The molecule has 1 aromatic carbocycles. The summed E-state index contributed by atoms with van der Waals surface area (Å²) in [6, 6.07) is 2.87. The maximum Gasteiger partial charge on any atom is 0.254 e. The highest BCUT2D eigenvalue weighted by molar-refractivity contribution is 5.94. The monoisotopic (exact) mass is 240 g/mol. The van der Waals surface area contributed by atoms with Gasteiger partial charge in [0.15, 0.2) is 0 Å². The molecule has 1 aliphatic carbocycles. The van der Waals surface area contributed by atoms with Gasteiger partial charge < -0.3 is 11.1 Å². The highest BCUT2D eigenvalue weighted by Gasteiger charge is 2.24. The summed E-state index contributed by atoms with van der Waals surface area (Å²) >= 11 is 0. The van der Waals surface area contributed by atoms with E-state index in [-0.39, 0.29) is 17.6 Å². The SMILES string of the molecule is NC1CCC(NC(=O)c2cc(F)ccc2F)C1. The van der Waals surface area contributed by atoms with Crippen LogP contribution in [0.3, 0.4) is 0 Å². The van der Waals surface area contributed by atoms with Crippen LogP contribution in [0.2, 0.25) is 0 Å². The molecule has 0 aliphatic heterocycles. The van der Waals surface area contributed by atoms with Gasteiger partial charge >= 0.3 is 0 Å². The molecule has 1 aliphatic rings. The number of carbonyl (C=O) groups is 1. The van der Waals surface area contributed by atoms with Crippen molar-refractivity contribution in [1.29, 1.82) is 0 Å². The van der Waals surface area contributed by atoms with Gasteiger partial charge in [-0.15, -0.1) is 0 Å². The quantitative estimate of drug-likeness (QED) is 0.824. The molecule has 0 radical (unpaired) electrons. The van der Waals surface area contributed by atoms with Gasteiger partial charge in [-0.25, -0.2) is 8.78 Å². The van der Waals surface area contributed by atoms with E-state index in [2.05, 4.69) is 5.32 Å². The van der Waals surface area contributed by atoms with Crippen molar-refractivity contribution in [2.24, 2.45) is 5.73 Å². The van der Waals surface area contributed by atoms with Gasteiger partial charge in [0.1, 0.15) is 11.6 Å². The average Bonchev–Trinajstić information content (AvgIpc) is 2.67. The predicted octanol–water partition coefficient (Wildman–Crippen LogP) is 1.57. The smallest absolute Gasteiger partial charge is 0.254 e. The molecular formula is C12H14F2N2O. The van der Waals surface area contributed by atoms with E-state index in [1.807, 2.05) is 0 Å². The fraction of sp³-hybridized carbons (Fsp3) is 0.417. The third kappa shape index (κ3) is 2.79. The molecule has 3 N–H and O–H groups in total. The molecule has 1 saturated carbocycles. The highest BCUT2D eigenvalue weighted by Crippen LogP contribution is 2.18. The summed E-state index contributed by atoms with van der Waals surface area (Å²) in [5, 5.41) is 2.67. The molecule has 17 heavy (non-hydrogen) atoms. The molecule has 5 heteroatoms. The van der Waals surface area contributed by atoms with Crippen LogP contribution < -0.4 is 11.1 Å². The van der Waals surface area contributed by atoms with Crippen LogP contribution in [0.15, 0.2) is 18.2 Å². The van der Waals surface area contributed by atoms with E-state index >= 15 is 0 Å². The largest absolute Gasteiger partial charge is 0.349 e. The zero-order valence-electron chi connectivity index (χ0n) is 9.25. The van der Waals surface area contributed by atoms with E-state index in [1.165, 1.54) is 0 Å². The molecule has 3 nitrogen and oxygen atoms in total. The second-order valence-electron chi connectivity index (χ2n) is 4.37. The summed E-state index contributed by atoms with van der Waals surface area (Å²) in [6.45, 7) is 0. The lowest BCUT2D eigenvalue weighted by molar-refractivity contribution is 0.0933. The van der Waals surface area contributed by atoms with Gasteiger partial charge in [-0.2, -0.15) is 0 Å². The Kier molecular flexibility index (Phi) is 3.38. The molecule has 1 fully saturated rings. The minimum atomic E-state index is -0.716. The van der Waals surface area contributed by atoms with Gasteiger partial charge in [0.05, 0.1) is 5.56 Å². The van der Waals surface area contributed by atoms with Crippen LogP contribution in [0, 0.1) is 11.6 Å². The normalized spacial score (nSPS) is 23.7. The van der Waals surface area contributed by atoms with Crippen molar-refractivity contribution in [3.63, 3.8) is 0 Å². The third-order valence-corrected chi connectivity index (χ3v) is 2.98. The Hall–Kier alpha value is -1.49. The lowest BCUT2D eigenvalue weighted by Crippen LogP contribution is -2.34. The second-order valence-corrected chi connectivity index (χ2v) is 4.37. The number of nitrogens with one attached hydrogen (secondary N) is 1. The first-order valence-electron chi connectivity index (χ1n) is 5.58. The van der Waals surface area contributed by atoms with Gasteiger partial charge in [0.25, 0.3) is 5.91 Å². The summed E-state index contributed by atoms with van der Waals surface area (Å²) in [5.41, 5.74) is 5.45. The Labute approximate surface area is 98.0 Å². The van der Waals surface area contributed by atoms with Gasteiger partial charge in [-0.3, -0.25) is 4.79 Å². The molecule has 0 spiro atoms. The van der Waals surface area contributed by atoms with E-state index in [1.54, 1.807) is 0 Å². The molecule has 1 amide bonds. The highest BCUT2D eigenvalue weighted by atomic mass is 19.1. The van der Waals surface area contributed by atoms with E-state index in [4.69, 9.17) is 5.73 Å². The molecular weight excluding hydrogens is 226 g/mol. The lowest BCUT2D eigenvalue weighted by atomic mass is 10.1. The molecule has 0 saturated heterocycles. The molecule has 2 unspecified atom stereocenters. The predicted molar refractivity (Wildman–Crippen MR) is 59.4 cm³/mol. The fourth-order valence-electron chi connectivity index (χ4n) is 2.08. The molecule has 2 rings (SSSR count). The number of benzene rings is 1. The summed E-state index contributed by atoms with van der Waals surface area (Å²) in [4.78, 5) is 11.7. The number of hydrogen-bond donors (Lipinski definition) is 2. The number of amides is 1. The van der Waals surface area contributed by atoms with E-state index < -0.39 is 17.5 Å². The fourth-order valence-corrected chi connectivity index (χ4v) is 2.08. The maximum absolute atomic E-state index is 13.3. The van der Waals surface area contributed by atoms with E-state index in [0.29, 0.717) is 6.42 Å². The average molecular weight is 240 g/mol. The van der Waals surface area contributed by atoms with Crippen LogP contribution in [-0.4, -0.2) is 18.0 Å². The van der Waals surface area contributed by atoms with Crippen LogP contribution in [0.25, 0.3) is 0 Å². The van der Waals surface area contributed by atoms with Crippen molar-refractivity contribution in [2.75, 3.05) is 0 Å². The van der Waals surface area contributed by atoms with Gasteiger partial charge in [0.2, 0.25) is 0 Å². The molecule has 0 heterocycles. The van der Waals surface area contributed by atoms with Crippen molar-refractivity contribution in [3.05, 3.63) is 35.4 Å². The Balaban J connectivity index is 2.06. The molecule has 92 valence electrons. The molecule has 2 atom stereocenters. The topological polar surface area (TPSA) is 55.1 Å². The minimum absolute atomic E-state index is 0.0415. The standard InChI is InChI=1S/C12H14F2N2O/c13-7-1-4-11(14)10(5-7)12(17)16-9-3-2-8(15)6-9/h1,4-5,8-9H,2-3,6,15H2,(H,16,17). The third-order valence-electron chi connectivity index (χ3n) is 2.98. The maximum atomic E-state index is 13.3. The van der Waals surface area contributed by atoms with Crippen LogP contribution >= 0.6 is 0 Å². The molecule has 0 aromatic heterocycles. The molecule has 0 bridgehead atoms. The van der Waals surface area contributed by atoms with Gasteiger partial charge in [-0.1, -0.05) is 0 Å². The number of nitrogens with two attached hydrogens (primary N) is 1. The lowest BCUT2D eigenvalue weighted by Gasteiger charge is -2.12. The van der Waals surface area contributed by atoms with E-state index in [0.717, 1.165) is 31.0 Å². The van der Waals surface area contributed by atoms with Crippen LogP contribution in [0.1, 0.15) is 29.6 Å². The first-order chi connectivity index (χ1) is 8.06. The first kappa shape index (κ1) is 12.0. The Morgan fingerprint density at radius 3 is 2.76 bits per heavy atom. The van der Waals surface area contributed by atoms with Crippen LogP contribution in [-0.2, 0) is 0 Å². The second kappa shape index (κ2) is 4.79. The van der Waals surface area contributed by atoms with Crippen LogP contribution in [0.4, 0.5) is 8.78 Å². The number of carbonyl (C=O) groups excluding carboxylic acids is 1. The zero-order chi connectivity index (χ0) is 12.4. The van der Waals surface area contributed by atoms with Crippen molar-refractivity contribution >= 4 is 5.91 Å².